The fourth-order valence-electron chi connectivity index (χ4n) is 2.46. The molecule has 1 aromatic carbocycles. The number of carbonyl (C=O) groups is 1. The van der Waals surface area contributed by atoms with Crippen molar-refractivity contribution in [3.8, 4) is 5.75 Å². The maximum atomic E-state index is 12.4. The van der Waals surface area contributed by atoms with Crippen LogP contribution in [0.5, 0.6) is 5.75 Å². The van der Waals surface area contributed by atoms with Crippen molar-refractivity contribution in [2.24, 2.45) is 11.1 Å². The molecule has 1 aromatic rings. The molecule has 1 fully saturated rings. The number of amides is 1. The lowest BCUT2D eigenvalue weighted by molar-refractivity contribution is 0.0788. The number of nitrogens with zero attached hydrogens (tertiary/aromatic N) is 1. The Hall–Kier alpha value is -1.31. The molecule has 1 unspecified atom stereocenters. The molecular formula is C13H17ClN2O4S. The van der Waals surface area contributed by atoms with Gasteiger partial charge >= 0.3 is 0 Å². The molecule has 1 atom stereocenters. The van der Waals surface area contributed by atoms with Gasteiger partial charge in [0.1, 0.15) is 5.75 Å². The van der Waals surface area contributed by atoms with Crippen LogP contribution in [0.15, 0.2) is 18.2 Å². The summed E-state index contributed by atoms with van der Waals surface area (Å²) < 4.78 is 27.3. The number of hydrogen-bond donors (Lipinski definition) is 1. The van der Waals surface area contributed by atoms with E-state index in [1.807, 2.05) is 0 Å². The summed E-state index contributed by atoms with van der Waals surface area (Å²) >= 11 is 5.93. The highest BCUT2D eigenvalue weighted by Crippen LogP contribution is 2.27. The number of halogens is 1. The molecule has 1 aliphatic heterocycles. The Labute approximate surface area is 128 Å². The lowest BCUT2D eigenvalue weighted by atomic mass is 10.1. The number of likely N-dealkylation sites (tertiary alicyclic amines) is 1. The lowest BCUT2D eigenvalue weighted by Gasteiger charge is -2.17. The van der Waals surface area contributed by atoms with E-state index < -0.39 is 10.0 Å². The number of nitrogens with two attached hydrogens (primary N) is 1. The van der Waals surface area contributed by atoms with Gasteiger partial charge in [0.2, 0.25) is 10.0 Å². The van der Waals surface area contributed by atoms with E-state index in [9.17, 15) is 13.2 Å². The largest absolute Gasteiger partial charge is 0.495 e. The molecule has 8 heteroatoms. The van der Waals surface area contributed by atoms with Gasteiger partial charge in [-0.05, 0) is 30.5 Å². The van der Waals surface area contributed by atoms with E-state index in [2.05, 4.69) is 0 Å². The Bertz CT molecular complexity index is 648. The van der Waals surface area contributed by atoms with Crippen LogP contribution in [0.4, 0.5) is 0 Å². The van der Waals surface area contributed by atoms with E-state index >= 15 is 0 Å². The van der Waals surface area contributed by atoms with Gasteiger partial charge in [-0.25, -0.2) is 13.6 Å². The summed E-state index contributed by atoms with van der Waals surface area (Å²) in [5, 5.41) is 5.47. The van der Waals surface area contributed by atoms with Crippen LogP contribution in [0, 0.1) is 5.92 Å². The standard InChI is InChI=1S/C13H17ClN2O4S/c1-20-12-6-10(2-3-11(12)14)13(17)16-5-4-9(7-16)8-21(15,18)19/h2-3,6,9H,4-5,7-8H2,1H3,(H2,15,18,19). The van der Waals surface area contributed by atoms with Crippen LogP contribution >= 0.6 is 11.6 Å². The van der Waals surface area contributed by atoms with Crippen LogP contribution in [-0.2, 0) is 10.0 Å². The first-order valence-corrected chi connectivity index (χ1v) is 8.53. The second kappa shape index (κ2) is 6.21. The molecule has 0 aromatic heterocycles. The first-order chi connectivity index (χ1) is 9.80. The van der Waals surface area contributed by atoms with Crippen molar-refractivity contribution in [1.82, 2.24) is 4.90 Å². The summed E-state index contributed by atoms with van der Waals surface area (Å²) in [6, 6.07) is 4.81. The number of benzene rings is 1. The van der Waals surface area contributed by atoms with E-state index in [-0.39, 0.29) is 17.6 Å². The minimum atomic E-state index is -3.51. The molecular weight excluding hydrogens is 316 g/mol. The van der Waals surface area contributed by atoms with Crippen molar-refractivity contribution in [3.63, 3.8) is 0 Å². The van der Waals surface area contributed by atoms with E-state index in [1.165, 1.54) is 7.11 Å². The monoisotopic (exact) mass is 332 g/mol. The predicted molar refractivity (Wildman–Crippen MR) is 80.0 cm³/mol. The van der Waals surface area contributed by atoms with E-state index in [1.54, 1.807) is 23.1 Å². The van der Waals surface area contributed by atoms with Gasteiger partial charge in [-0.2, -0.15) is 0 Å². The third-order valence-corrected chi connectivity index (χ3v) is 4.69. The molecule has 1 heterocycles. The minimum Gasteiger partial charge on any atom is -0.495 e. The van der Waals surface area contributed by atoms with Crippen LogP contribution in [0.25, 0.3) is 0 Å². The Morgan fingerprint density at radius 1 is 1.52 bits per heavy atom. The van der Waals surface area contributed by atoms with E-state index in [0.717, 1.165) is 0 Å². The first kappa shape index (κ1) is 16.1. The molecule has 1 aliphatic rings. The molecule has 2 N–H and O–H groups in total. The number of carbonyl (C=O) groups excluding carboxylic acids is 1. The van der Waals surface area contributed by atoms with Crippen LogP contribution in [0.2, 0.25) is 5.02 Å². The number of rotatable bonds is 4. The maximum absolute atomic E-state index is 12.4. The Morgan fingerprint density at radius 3 is 2.86 bits per heavy atom. The summed E-state index contributed by atoms with van der Waals surface area (Å²) in [4.78, 5) is 14.0. The highest BCUT2D eigenvalue weighted by Gasteiger charge is 2.29. The van der Waals surface area contributed by atoms with Crippen molar-refractivity contribution >= 4 is 27.5 Å². The molecule has 21 heavy (non-hydrogen) atoms. The predicted octanol–water partition coefficient (Wildman–Crippen LogP) is 1.10. The Kier molecular flexibility index (Phi) is 4.75. The summed E-state index contributed by atoms with van der Waals surface area (Å²) in [7, 11) is -2.03. The van der Waals surface area contributed by atoms with Gasteiger partial charge in [-0.15, -0.1) is 0 Å². The van der Waals surface area contributed by atoms with Crippen LogP contribution in [-0.4, -0.2) is 45.2 Å². The van der Waals surface area contributed by atoms with Gasteiger partial charge in [0.05, 0.1) is 17.9 Å². The van der Waals surface area contributed by atoms with Gasteiger partial charge in [0.25, 0.3) is 5.91 Å². The second-order valence-corrected chi connectivity index (χ2v) is 7.15. The van der Waals surface area contributed by atoms with Crippen molar-refractivity contribution in [3.05, 3.63) is 28.8 Å². The first-order valence-electron chi connectivity index (χ1n) is 6.43. The number of primary sulfonamides is 1. The normalized spacial score (nSPS) is 18.8. The van der Waals surface area contributed by atoms with Gasteiger partial charge < -0.3 is 9.64 Å². The van der Waals surface area contributed by atoms with Gasteiger partial charge in [0.15, 0.2) is 0 Å². The van der Waals surface area contributed by atoms with E-state index in [4.69, 9.17) is 21.5 Å². The highest BCUT2D eigenvalue weighted by molar-refractivity contribution is 7.89. The number of hydrogen-bond acceptors (Lipinski definition) is 4. The topological polar surface area (TPSA) is 89.7 Å². The average Bonchev–Trinajstić information content (AvgIpc) is 2.84. The molecule has 0 spiro atoms. The third kappa shape index (κ3) is 4.09. The molecule has 1 amide bonds. The maximum Gasteiger partial charge on any atom is 0.253 e. The lowest BCUT2D eigenvalue weighted by Crippen LogP contribution is -2.30. The summed E-state index contributed by atoms with van der Waals surface area (Å²) in [6.45, 7) is 0.907. The molecule has 0 radical (unpaired) electrons. The van der Waals surface area contributed by atoms with Crippen molar-refractivity contribution < 1.29 is 17.9 Å². The smallest absolute Gasteiger partial charge is 0.253 e. The van der Waals surface area contributed by atoms with Crippen molar-refractivity contribution in [1.29, 1.82) is 0 Å². The fourth-order valence-corrected chi connectivity index (χ4v) is 3.58. The third-order valence-electron chi connectivity index (χ3n) is 3.44. The van der Waals surface area contributed by atoms with Crippen LogP contribution < -0.4 is 9.88 Å². The van der Waals surface area contributed by atoms with Crippen LogP contribution in [0.1, 0.15) is 16.8 Å². The zero-order valence-electron chi connectivity index (χ0n) is 11.6. The van der Waals surface area contributed by atoms with Crippen molar-refractivity contribution in [2.75, 3.05) is 26.0 Å². The SMILES string of the molecule is COc1cc(C(=O)N2CCC(CS(N)(=O)=O)C2)ccc1Cl. The zero-order valence-corrected chi connectivity index (χ0v) is 13.2. The van der Waals surface area contributed by atoms with Gasteiger partial charge in [-0.1, -0.05) is 11.6 Å². The Morgan fingerprint density at radius 2 is 2.24 bits per heavy atom. The van der Waals surface area contributed by atoms with Gasteiger partial charge in [0, 0.05) is 18.7 Å². The van der Waals surface area contributed by atoms with E-state index in [0.29, 0.717) is 35.8 Å². The highest BCUT2D eigenvalue weighted by atomic mass is 35.5. The van der Waals surface area contributed by atoms with Gasteiger partial charge in [-0.3, -0.25) is 4.79 Å². The van der Waals surface area contributed by atoms with Crippen molar-refractivity contribution in [2.45, 2.75) is 6.42 Å². The molecule has 0 aliphatic carbocycles. The summed E-state index contributed by atoms with van der Waals surface area (Å²) in [5.74, 6) is 0.0589. The number of methoxy groups -OCH3 is 1. The molecule has 0 bridgehead atoms. The number of sulfonamides is 1. The summed E-state index contributed by atoms with van der Waals surface area (Å²) in [5.41, 5.74) is 0.465. The zero-order chi connectivity index (χ0) is 15.6. The summed E-state index contributed by atoms with van der Waals surface area (Å²) in [6.07, 6.45) is 0.632. The molecule has 116 valence electrons. The molecule has 2 rings (SSSR count). The van der Waals surface area contributed by atoms with Crippen LogP contribution in [0.3, 0.4) is 0 Å². The number of ether oxygens (including phenoxy) is 1. The molecule has 6 nitrogen and oxygen atoms in total. The average molecular weight is 333 g/mol. The molecule has 1 saturated heterocycles. The fraction of sp³-hybridized carbons (Fsp3) is 0.462. The second-order valence-electron chi connectivity index (χ2n) is 5.08. The minimum absolute atomic E-state index is 0.0965. The quantitative estimate of drug-likeness (QED) is 0.894. The Balaban J connectivity index is 2.08. The molecule has 0 saturated carbocycles.